The normalized spacial score (nSPS) is 14.5. The molecular formula is C20H24ClN3S. The van der Waals surface area contributed by atoms with Crippen LogP contribution in [0.2, 0.25) is 5.02 Å². The Balaban J connectivity index is 1.47. The molecule has 1 aliphatic rings. The number of anilines is 1. The Morgan fingerprint density at radius 1 is 1.08 bits per heavy atom. The second-order valence-electron chi connectivity index (χ2n) is 6.57. The van der Waals surface area contributed by atoms with Crippen LogP contribution in [0.15, 0.2) is 42.5 Å². The van der Waals surface area contributed by atoms with E-state index in [0.717, 1.165) is 22.8 Å². The maximum Gasteiger partial charge on any atom is 0.171 e. The Labute approximate surface area is 160 Å². The number of likely N-dealkylation sites (tertiary alicyclic amines) is 1. The van der Waals surface area contributed by atoms with Crippen LogP contribution in [0.25, 0.3) is 0 Å². The maximum absolute atomic E-state index is 6.14. The van der Waals surface area contributed by atoms with Crippen molar-refractivity contribution in [3.8, 4) is 0 Å². The van der Waals surface area contributed by atoms with E-state index in [0.29, 0.717) is 11.7 Å². The Morgan fingerprint density at radius 2 is 1.76 bits per heavy atom. The first-order chi connectivity index (χ1) is 12.1. The van der Waals surface area contributed by atoms with E-state index in [-0.39, 0.29) is 0 Å². The third-order valence-electron chi connectivity index (χ3n) is 4.51. The molecule has 0 aromatic heterocycles. The summed E-state index contributed by atoms with van der Waals surface area (Å²) in [7, 11) is 0. The SMILES string of the molecule is Cc1ccc(NC(=S)NCc2ccc(CN3CCCC3)cc2)cc1Cl. The summed E-state index contributed by atoms with van der Waals surface area (Å²) >= 11 is 11.5. The average Bonchev–Trinajstić information content (AvgIpc) is 3.11. The van der Waals surface area contributed by atoms with Crippen molar-refractivity contribution in [1.29, 1.82) is 0 Å². The lowest BCUT2D eigenvalue weighted by Crippen LogP contribution is -2.27. The summed E-state index contributed by atoms with van der Waals surface area (Å²) in [5.74, 6) is 0. The number of hydrogen-bond donors (Lipinski definition) is 2. The molecule has 0 aliphatic carbocycles. The van der Waals surface area contributed by atoms with Gasteiger partial charge in [-0.25, -0.2) is 0 Å². The summed E-state index contributed by atoms with van der Waals surface area (Å²) < 4.78 is 0. The minimum absolute atomic E-state index is 0.598. The van der Waals surface area contributed by atoms with Gasteiger partial charge in [-0.3, -0.25) is 4.90 Å². The summed E-state index contributed by atoms with van der Waals surface area (Å²) in [6.45, 7) is 6.20. The van der Waals surface area contributed by atoms with Crippen LogP contribution in [-0.2, 0) is 13.1 Å². The summed E-state index contributed by atoms with van der Waals surface area (Å²) in [5.41, 5.74) is 4.55. The standard InChI is InChI=1S/C20H24ClN3S/c1-15-4-9-18(12-19(15)21)23-20(25)22-13-16-5-7-17(8-6-16)14-24-10-2-3-11-24/h4-9,12H,2-3,10-11,13-14H2,1H3,(H2,22,23,25). The monoisotopic (exact) mass is 373 g/mol. The summed E-state index contributed by atoms with van der Waals surface area (Å²) in [4.78, 5) is 2.51. The first kappa shape index (κ1) is 18.2. The number of nitrogens with one attached hydrogen (secondary N) is 2. The van der Waals surface area contributed by atoms with Crippen LogP contribution in [0.1, 0.15) is 29.5 Å². The summed E-state index contributed by atoms with van der Waals surface area (Å²) in [6.07, 6.45) is 2.66. The van der Waals surface area contributed by atoms with Gasteiger partial charge in [0.05, 0.1) is 0 Å². The molecule has 0 unspecified atom stereocenters. The first-order valence-corrected chi connectivity index (χ1v) is 9.50. The molecule has 25 heavy (non-hydrogen) atoms. The fourth-order valence-corrected chi connectivity index (χ4v) is 3.36. The quantitative estimate of drug-likeness (QED) is 0.741. The van der Waals surface area contributed by atoms with Gasteiger partial charge in [0.15, 0.2) is 5.11 Å². The number of benzene rings is 2. The molecule has 2 aromatic rings. The third kappa shape index (κ3) is 5.43. The van der Waals surface area contributed by atoms with Gasteiger partial charge in [-0.1, -0.05) is 41.9 Å². The molecule has 0 bridgehead atoms. The maximum atomic E-state index is 6.14. The molecule has 132 valence electrons. The molecule has 0 radical (unpaired) electrons. The molecule has 1 heterocycles. The number of aryl methyl sites for hydroxylation is 1. The molecule has 1 saturated heterocycles. The van der Waals surface area contributed by atoms with Gasteiger partial charge >= 0.3 is 0 Å². The van der Waals surface area contributed by atoms with Crippen molar-refractivity contribution in [2.75, 3.05) is 18.4 Å². The van der Waals surface area contributed by atoms with Crippen molar-refractivity contribution in [3.63, 3.8) is 0 Å². The minimum Gasteiger partial charge on any atom is -0.358 e. The van der Waals surface area contributed by atoms with Gasteiger partial charge in [-0.15, -0.1) is 0 Å². The molecule has 3 nitrogen and oxygen atoms in total. The fraction of sp³-hybridized carbons (Fsp3) is 0.350. The largest absolute Gasteiger partial charge is 0.358 e. The average molecular weight is 374 g/mol. The Kier molecular flexibility index (Phi) is 6.29. The van der Waals surface area contributed by atoms with Gasteiger partial charge in [0, 0.05) is 23.8 Å². The lowest BCUT2D eigenvalue weighted by Gasteiger charge is -2.15. The van der Waals surface area contributed by atoms with Crippen LogP contribution in [0.4, 0.5) is 5.69 Å². The smallest absolute Gasteiger partial charge is 0.171 e. The molecule has 2 aromatic carbocycles. The zero-order chi connectivity index (χ0) is 17.6. The molecule has 0 amide bonds. The molecule has 1 fully saturated rings. The lowest BCUT2D eigenvalue weighted by atomic mass is 10.1. The van der Waals surface area contributed by atoms with Gasteiger partial charge in [-0.2, -0.15) is 0 Å². The first-order valence-electron chi connectivity index (χ1n) is 8.71. The van der Waals surface area contributed by atoms with Crippen molar-refractivity contribution in [2.45, 2.75) is 32.9 Å². The van der Waals surface area contributed by atoms with E-state index in [4.69, 9.17) is 23.8 Å². The number of hydrogen-bond acceptors (Lipinski definition) is 2. The van der Waals surface area contributed by atoms with Crippen LogP contribution in [0, 0.1) is 6.92 Å². The van der Waals surface area contributed by atoms with Crippen LogP contribution >= 0.6 is 23.8 Å². The van der Waals surface area contributed by atoms with Crippen LogP contribution in [-0.4, -0.2) is 23.1 Å². The van der Waals surface area contributed by atoms with E-state index in [1.165, 1.54) is 37.1 Å². The Morgan fingerprint density at radius 3 is 2.44 bits per heavy atom. The van der Waals surface area contributed by atoms with Crippen LogP contribution in [0.3, 0.4) is 0 Å². The molecular weight excluding hydrogens is 350 g/mol. The molecule has 0 saturated carbocycles. The Bertz CT molecular complexity index is 724. The highest BCUT2D eigenvalue weighted by atomic mass is 35.5. The van der Waals surface area contributed by atoms with Crippen molar-refractivity contribution >= 4 is 34.6 Å². The predicted octanol–water partition coefficient (Wildman–Crippen LogP) is 4.73. The van der Waals surface area contributed by atoms with E-state index < -0.39 is 0 Å². The number of halogens is 1. The van der Waals surface area contributed by atoms with Gasteiger partial charge < -0.3 is 10.6 Å². The van der Waals surface area contributed by atoms with Crippen molar-refractivity contribution in [3.05, 3.63) is 64.2 Å². The Hall–Kier alpha value is -1.62. The number of rotatable bonds is 5. The van der Waals surface area contributed by atoms with E-state index in [9.17, 15) is 0 Å². The number of nitrogens with zero attached hydrogens (tertiary/aromatic N) is 1. The lowest BCUT2D eigenvalue weighted by molar-refractivity contribution is 0.331. The predicted molar refractivity (Wildman–Crippen MR) is 110 cm³/mol. The van der Waals surface area contributed by atoms with Crippen molar-refractivity contribution < 1.29 is 0 Å². The fourth-order valence-electron chi connectivity index (χ4n) is 2.99. The topological polar surface area (TPSA) is 27.3 Å². The molecule has 1 aliphatic heterocycles. The van der Waals surface area contributed by atoms with Gasteiger partial charge in [0.2, 0.25) is 0 Å². The van der Waals surface area contributed by atoms with E-state index in [1.807, 2.05) is 25.1 Å². The van der Waals surface area contributed by atoms with E-state index >= 15 is 0 Å². The van der Waals surface area contributed by atoms with Crippen molar-refractivity contribution in [1.82, 2.24) is 10.2 Å². The van der Waals surface area contributed by atoms with E-state index in [1.54, 1.807) is 0 Å². The second-order valence-corrected chi connectivity index (χ2v) is 7.39. The highest BCUT2D eigenvalue weighted by Gasteiger charge is 2.11. The third-order valence-corrected chi connectivity index (χ3v) is 5.16. The number of thiocarbonyl (C=S) groups is 1. The molecule has 2 N–H and O–H groups in total. The molecule has 5 heteroatoms. The van der Waals surface area contributed by atoms with Crippen LogP contribution < -0.4 is 10.6 Å². The van der Waals surface area contributed by atoms with Crippen LogP contribution in [0.5, 0.6) is 0 Å². The molecule has 0 atom stereocenters. The van der Waals surface area contributed by atoms with Gasteiger partial charge in [0.25, 0.3) is 0 Å². The van der Waals surface area contributed by atoms with Gasteiger partial charge in [-0.05, 0) is 73.9 Å². The summed E-state index contributed by atoms with van der Waals surface area (Å²) in [6, 6.07) is 14.6. The van der Waals surface area contributed by atoms with Gasteiger partial charge in [0.1, 0.15) is 0 Å². The van der Waals surface area contributed by atoms with Crippen molar-refractivity contribution in [2.24, 2.45) is 0 Å². The summed E-state index contributed by atoms with van der Waals surface area (Å²) in [5, 5.41) is 7.75. The highest BCUT2D eigenvalue weighted by molar-refractivity contribution is 7.80. The minimum atomic E-state index is 0.598. The second kappa shape index (κ2) is 8.65. The van der Waals surface area contributed by atoms with E-state index in [2.05, 4.69) is 39.8 Å². The molecule has 3 rings (SSSR count). The zero-order valence-electron chi connectivity index (χ0n) is 14.5. The zero-order valence-corrected chi connectivity index (χ0v) is 16.1. The molecule has 0 spiro atoms. The highest BCUT2D eigenvalue weighted by Crippen LogP contribution is 2.20.